The van der Waals surface area contributed by atoms with Crippen molar-refractivity contribution in [3.05, 3.63) is 60.1 Å². The fourth-order valence-corrected chi connectivity index (χ4v) is 2.48. The van der Waals surface area contributed by atoms with Gasteiger partial charge in [-0.05, 0) is 29.8 Å². The Bertz CT molecular complexity index is 703. The van der Waals surface area contributed by atoms with Crippen LogP contribution in [0.3, 0.4) is 0 Å². The van der Waals surface area contributed by atoms with Crippen molar-refractivity contribution >= 4 is 23.6 Å². The first-order valence-corrected chi connectivity index (χ1v) is 6.52. The summed E-state index contributed by atoms with van der Waals surface area (Å²) in [4.78, 5) is 25.1. The summed E-state index contributed by atoms with van der Waals surface area (Å²) in [6.07, 6.45) is 4.69. The number of carbonyl (C=O) groups is 2. The van der Waals surface area contributed by atoms with Crippen molar-refractivity contribution in [2.24, 2.45) is 0 Å². The van der Waals surface area contributed by atoms with Crippen molar-refractivity contribution in [3.63, 3.8) is 0 Å². The van der Waals surface area contributed by atoms with Crippen molar-refractivity contribution in [3.8, 4) is 0 Å². The molecule has 0 aliphatic carbocycles. The number of para-hydroxylation sites is 1. The van der Waals surface area contributed by atoms with Crippen LogP contribution < -0.4 is 4.90 Å². The van der Waals surface area contributed by atoms with Gasteiger partial charge >= 0.3 is 5.97 Å². The SMILES string of the molecule is O=C(O)C1Cc2ccccc2N1C(=O)/C=C/c1ccco1. The molecule has 0 fully saturated rings. The van der Waals surface area contributed by atoms with Crippen LogP contribution in [0, 0.1) is 0 Å². The molecule has 1 aliphatic rings. The van der Waals surface area contributed by atoms with E-state index in [0.29, 0.717) is 17.9 Å². The first kappa shape index (κ1) is 13.2. The number of fused-ring (bicyclic) bond motifs is 1. The number of amides is 1. The Kier molecular flexibility index (Phi) is 3.31. The van der Waals surface area contributed by atoms with Crippen molar-refractivity contribution in [2.45, 2.75) is 12.5 Å². The number of hydrogen-bond donors (Lipinski definition) is 1. The molecule has 2 aromatic rings. The van der Waals surface area contributed by atoms with Gasteiger partial charge in [0.2, 0.25) is 0 Å². The quantitative estimate of drug-likeness (QED) is 0.878. The molecule has 0 spiro atoms. The average molecular weight is 283 g/mol. The lowest BCUT2D eigenvalue weighted by molar-refractivity contribution is -0.139. The maximum absolute atomic E-state index is 12.4. The molecule has 1 N–H and O–H groups in total. The standard InChI is InChI=1S/C16H13NO4/c18-15(8-7-12-5-3-9-21-12)17-13-6-2-1-4-11(13)10-14(17)16(19)20/h1-9,14H,10H2,(H,19,20)/b8-7+. The molecule has 5 heteroatoms. The molecule has 0 saturated carbocycles. The zero-order chi connectivity index (χ0) is 14.8. The summed E-state index contributed by atoms with van der Waals surface area (Å²) < 4.78 is 5.12. The first-order chi connectivity index (χ1) is 10.2. The number of hydrogen-bond acceptors (Lipinski definition) is 3. The fourth-order valence-electron chi connectivity index (χ4n) is 2.48. The summed E-state index contributed by atoms with van der Waals surface area (Å²) in [5.74, 6) is -0.836. The minimum absolute atomic E-state index is 0.325. The Morgan fingerprint density at radius 3 is 2.76 bits per heavy atom. The fraction of sp³-hybridized carbons (Fsp3) is 0.125. The topological polar surface area (TPSA) is 70.8 Å². The zero-order valence-electron chi connectivity index (χ0n) is 11.1. The third-order valence-corrected chi connectivity index (χ3v) is 3.43. The Morgan fingerprint density at radius 1 is 1.24 bits per heavy atom. The van der Waals surface area contributed by atoms with Gasteiger partial charge in [0.25, 0.3) is 5.91 Å². The number of nitrogens with zero attached hydrogens (tertiary/aromatic N) is 1. The summed E-state index contributed by atoms with van der Waals surface area (Å²) in [5, 5.41) is 9.32. The Morgan fingerprint density at radius 2 is 2.05 bits per heavy atom. The monoisotopic (exact) mass is 283 g/mol. The number of anilines is 1. The second kappa shape index (κ2) is 5.28. The maximum atomic E-state index is 12.4. The van der Waals surface area contributed by atoms with Gasteiger partial charge in [-0.15, -0.1) is 0 Å². The van der Waals surface area contributed by atoms with Gasteiger partial charge in [-0.25, -0.2) is 4.79 Å². The minimum Gasteiger partial charge on any atom is -0.480 e. The van der Waals surface area contributed by atoms with Gasteiger partial charge in [0.05, 0.1) is 6.26 Å². The van der Waals surface area contributed by atoms with E-state index >= 15 is 0 Å². The highest BCUT2D eigenvalue weighted by atomic mass is 16.4. The molecule has 1 unspecified atom stereocenters. The largest absolute Gasteiger partial charge is 0.480 e. The molecule has 5 nitrogen and oxygen atoms in total. The molecule has 106 valence electrons. The number of rotatable bonds is 3. The van der Waals surface area contributed by atoms with Gasteiger partial charge in [0.15, 0.2) is 0 Å². The minimum atomic E-state index is -1.01. The molecule has 1 aromatic carbocycles. The Balaban J connectivity index is 1.90. The van der Waals surface area contributed by atoms with Gasteiger partial charge in [0, 0.05) is 18.2 Å². The molecular formula is C16H13NO4. The summed E-state index contributed by atoms with van der Waals surface area (Å²) >= 11 is 0. The number of furan rings is 1. The molecule has 1 aromatic heterocycles. The van der Waals surface area contributed by atoms with Crippen LogP contribution in [-0.2, 0) is 16.0 Å². The van der Waals surface area contributed by atoms with Crippen molar-refractivity contribution in [1.82, 2.24) is 0 Å². The van der Waals surface area contributed by atoms with E-state index in [1.165, 1.54) is 23.3 Å². The summed E-state index contributed by atoms with van der Waals surface area (Å²) in [7, 11) is 0. The third-order valence-electron chi connectivity index (χ3n) is 3.43. The van der Waals surface area contributed by atoms with E-state index in [0.717, 1.165) is 5.56 Å². The predicted octanol–water partition coefficient (Wildman–Crippen LogP) is 2.34. The summed E-state index contributed by atoms with van der Waals surface area (Å²) in [6.45, 7) is 0. The van der Waals surface area contributed by atoms with Crippen LogP contribution in [0.4, 0.5) is 5.69 Å². The maximum Gasteiger partial charge on any atom is 0.327 e. The van der Waals surface area contributed by atoms with E-state index in [-0.39, 0.29) is 5.91 Å². The van der Waals surface area contributed by atoms with E-state index in [1.54, 1.807) is 24.3 Å². The van der Waals surface area contributed by atoms with Crippen LogP contribution in [0.1, 0.15) is 11.3 Å². The number of carbonyl (C=O) groups excluding carboxylic acids is 1. The molecule has 21 heavy (non-hydrogen) atoms. The van der Waals surface area contributed by atoms with E-state index in [4.69, 9.17) is 4.42 Å². The molecule has 3 rings (SSSR count). The van der Waals surface area contributed by atoms with Crippen LogP contribution >= 0.6 is 0 Å². The molecular weight excluding hydrogens is 270 g/mol. The highest BCUT2D eigenvalue weighted by Crippen LogP contribution is 2.32. The highest BCUT2D eigenvalue weighted by molar-refractivity contribution is 6.08. The second-order valence-corrected chi connectivity index (χ2v) is 4.74. The number of aliphatic carboxylic acids is 1. The van der Waals surface area contributed by atoms with Crippen LogP contribution in [0.2, 0.25) is 0 Å². The summed E-state index contributed by atoms with van der Waals surface area (Å²) in [6, 6.07) is 9.80. The van der Waals surface area contributed by atoms with Crippen molar-refractivity contribution < 1.29 is 19.1 Å². The first-order valence-electron chi connectivity index (χ1n) is 6.52. The lowest BCUT2D eigenvalue weighted by atomic mass is 10.1. The van der Waals surface area contributed by atoms with E-state index in [9.17, 15) is 14.7 Å². The second-order valence-electron chi connectivity index (χ2n) is 4.74. The smallest absolute Gasteiger partial charge is 0.327 e. The summed E-state index contributed by atoms with van der Waals surface area (Å²) in [5.41, 5.74) is 1.52. The lowest BCUT2D eigenvalue weighted by Crippen LogP contribution is -2.42. The van der Waals surface area contributed by atoms with Gasteiger partial charge in [-0.1, -0.05) is 18.2 Å². The number of benzene rings is 1. The van der Waals surface area contributed by atoms with E-state index in [1.807, 2.05) is 12.1 Å². The molecule has 1 amide bonds. The normalized spacial score (nSPS) is 17.1. The van der Waals surface area contributed by atoms with Crippen molar-refractivity contribution in [2.75, 3.05) is 4.90 Å². The Hall–Kier alpha value is -2.82. The van der Waals surface area contributed by atoms with E-state index in [2.05, 4.69) is 0 Å². The van der Waals surface area contributed by atoms with Crippen LogP contribution in [-0.4, -0.2) is 23.0 Å². The Labute approximate surface area is 121 Å². The molecule has 1 atom stereocenters. The van der Waals surface area contributed by atoms with Crippen LogP contribution in [0.25, 0.3) is 6.08 Å². The molecule has 0 radical (unpaired) electrons. The van der Waals surface area contributed by atoms with Gasteiger partial charge in [-0.2, -0.15) is 0 Å². The zero-order valence-corrected chi connectivity index (χ0v) is 11.1. The highest BCUT2D eigenvalue weighted by Gasteiger charge is 2.37. The molecule has 0 bridgehead atoms. The number of carboxylic acid groups (broad SMARTS) is 1. The van der Waals surface area contributed by atoms with Crippen LogP contribution in [0.15, 0.2) is 53.2 Å². The van der Waals surface area contributed by atoms with Crippen LogP contribution in [0.5, 0.6) is 0 Å². The lowest BCUT2D eigenvalue weighted by Gasteiger charge is -2.20. The number of carboxylic acids is 1. The third kappa shape index (κ3) is 2.45. The van der Waals surface area contributed by atoms with Gasteiger partial charge < -0.3 is 9.52 Å². The molecule has 0 saturated heterocycles. The van der Waals surface area contributed by atoms with Gasteiger partial charge in [0.1, 0.15) is 11.8 Å². The predicted molar refractivity (Wildman–Crippen MR) is 76.8 cm³/mol. The van der Waals surface area contributed by atoms with Crippen molar-refractivity contribution in [1.29, 1.82) is 0 Å². The molecule has 1 aliphatic heterocycles. The average Bonchev–Trinajstić information content (AvgIpc) is 3.11. The molecule has 2 heterocycles. The van der Waals surface area contributed by atoms with Gasteiger partial charge in [-0.3, -0.25) is 9.69 Å². The van der Waals surface area contributed by atoms with E-state index < -0.39 is 12.0 Å².